The predicted molar refractivity (Wildman–Crippen MR) is 196 cm³/mol. The van der Waals surface area contributed by atoms with Crippen LogP contribution in [0.15, 0.2) is 60.8 Å². The van der Waals surface area contributed by atoms with Gasteiger partial charge in [-0.05, 0) is 38.5 Å². The molecule has 1 N–H and O–H groups in total. The van der Waals surface area contributed by atoms with Crippen LogP contribution in [0.2, 0.25) is 0 Å². The van der Waals surface area contributed by atoms with Gasteiger partial charge < -0.3 is 18.9 Å². The summed E-state index contributed by atoms with van der Waals surface area (Å²) in [4.78, 5) is 22.6. The molecule has 0 radical (unpaired) electrons. The smallest absolute Gasteiger partial charge is 0.457 e. The molecule has 0 amide bonds. The van der Waals surface area contributed by atoms with Crippen molar-refractivity contribution in [2.45, 2.75) is 123 Å². The van der Waals surface area contributed by atoms with Gasteiger partial charge in [0.15, 0.2) is 0 Å². The van der Waals surface area contributed by atoms with E-state index in [2.05, 4.69) is 62.5 Å². The van der Waals surface area contributed by atoms with Crippen LogP contribution >= 0.6 is 7.82 Å². The van der Waals surface area contributed by atoms with E-state index in [1.165, 1.54) is 51.4 Å². The van der Waals surface area contributed by atoms with Crippen molar-refractivity contribution in [1.29, 1.82) is 0 Å². The van der Waals surface area contributed by atoms with Gasteiger partial charge in [-0.15, -0.1) is 0 Å². The highest BCUT2D eigenvalue weighted by atomic mass is 31.2. The number of allylic oxidation sites excluding steroid dienone is 9. The summed E-state index contributed by atoms with van der Waals surface area (Å²) < 4.78 is 34.6. The Morgan fingerprint density at radius 2 is 1.15 bits per heavy atom. The first-order chi connectivity index (χ1) is 22.6. The number of likely N-dealkylation sites (N-methyl/N-ethyl adjacent to an activating group) is 1. The molecule has 0 rings (SSSR count). The summed E-state index contributed by atoms with van der Waals surface area (Å²) in [7, 11) is 1.60. The Kier molecular flexibility index (Phi) is 30.3. The van der Waals surface area contributed by atoms with Crippen molar-refractivity contribution < 1.29 is 37.3 Å². The van der Waals surface area contributed by atoms with Crippen molar-refractivity contribution in [3.63, 3.8) is 0 Å². The van der Waals surface area contributed by atoms with Crippen molar-refractivity contribution in [2.75, 3.05) is 54.1 Å². The lowest BCUT2D eigenvalue weighted by molar-refractivity contribution is -0.870. The molecule has 0 fully saturated rings. The molecule has 2 unspecified atom stereocenters. The van der Waals surface area contributed by atoms with Crippen LogP contribution in [0.3, 0.4) is 0 Å². The van der Waals surface area contributed by atoms with Gasteiger partial charge in [-0.3, -0.25) is 13.8 Å². The Morgan fingerprint density at radius 3 is 1.66 bits per heavy atom. The van der Waals surface area contributed by atoms with E-state index in [9.17, 15) is 14.3 Å². The van der Waals surface area contributed by atoms with E-state index < -0.39 is 19.9 Å². The van der Waals surface area contributed by atoms with Crippen LogP contribution in [0, 0.1) is 0 Å². The average Bonchev–Trinajstić information content (AvgIpc) is 3.01. The highest BCUT2D eigenvalue weighted by Gasteiger charge is 2.26. The van der Waals surface area contributed by atoms with Crippen LogP contribution in [0.1, 0.15) is 117 Å². The highest BCUT2D eigenvalue weighted by Crippen LogP contribution is 2.43. The maximum atomic E-state index is 12.5. The zero-order valence-corrected chi connectivity index (χ0v) is 31.4. The number of phosphoric acid groups is 1. The molecule has 0 heterocycles. The molecular formula is C38H69NO7P+. The predicted octanol–water partition coefficient (Wildman–Crippen LogP) is 9.82. The highest BCUT2D eigenvalue weighted by molar-refractivity contribution is 7.47. The molecule has 0 aromatic carbocycles. The first-order valence-corrected chi connectivity index (χ1v) is 19.5. The Morgan fingerprint density at radius 1 is 0.660 bits per heavy atom. The zero-order chi connectivity index (χ0) is 34.9. The summed E-state index contributed by atoms with van der Waals surface area (Å²) in [5.41, 5.74) is 0. The summed E-state index contributed by atoms with van der Waals surface area (Å²) in [6.45, 7) is 5.33. The Bertz CT molecular complexity index is 937. The molecule has 272 valence electrons. The number of nitrogens with zero attached hydrogens (tertiary/aromatic N) is 1. The zero-order valence-electron chi connectivity index (χ0n) is 30.5. The number of quaternary nitrogens is 1. The van der Waals surface area contributed by atoms with E-state index >= 15 is 0 Å². The molecule has 0 aliphatic carbocycles. The third kappa shape index (κ3) is 35.3. The van der Waals surface area contributed by atoms with Crippen molar-refractivity contribution in [3.05, 3.63) is 60.8 Å². The van der Waals surface area contributed by atoms with Crippen LogP contribution < -0.4 is 0 Å². The summed E-state index contributed by atoms with van der Waals surface area (Å²) in [6, 6.07) is 0. The van der Waals surface area contributed by atoms with Gasteiger partial charge in [0.1, 0.15) is 19.3 Å². The average molecular weight is 683 g/mol. The fourth-order valence-corrected chi connectivity index (χ4v) is 5.07. The molecule has 0 aromatic rings. The molecule has 0 saturated carbocycles. The molecule has 0 bridgehead atoms. The monoisotopic (exact) mass is 682 g/mol. The lowest BCUT2D eigenvalue weighted by Crippen LogP contribution is -2.37. The van der Waals surface area contributed by atoms with Crippen LogP contribution in [-0.4, -0.2) is 75.6 Å². The van der Waals surface area contributed by atoms with E-state index in [1.807, 2.05) is 27.2 Å². The lowest BCUT2D eigenvalue weighted by atomic mass is 10.1. The molecule has 8 nitrogen and oxygen atoms in total. The summed E-state index contributed by atoms with van der Waals surface area (Å²) in [6.07, 6.45) is 37.1. The number of esters is 1. The molecule has 0 aliphatic heterocycles. The van der Waals surface area contributed by atoms with E-state index in [4.69, 9.17) is 18.5 Å². The van der Waals surface area contributed by atoms with Crippen LogP contribution in [0.25, 0.3) is 0 Å². The standard InChI is InChI=1S/C38H68NO7P/c1-6-8-10-12-14-16-18-19-20-21-22-23-25-27-29-31-38(40)46-37(36-45-47(41,42)44-34-32-39(3,4)5)35-43-33-30-28-26-24-17-15-13-11-9-7-2/h8,10,14,16,19-20,22-23,27,29,37H,6-7,9,11-13,15,17-18,21,24-26,28,30-36H2,1-5H3/p+1/b10-8-,16-14-,20-19-,23-22-,29-27-. The van der Waals surface area contributed by atoms with E-state index in [1.54, 1.807) is 6.08 Å². The molecule has 0 aromatic heterocycles. The maximum Gasteiger partial charge on any atom is 0.472 e. The van der Waals surface area contributed by atoms with Gasteiger partial charge in [0.05, 0.1) is 40.8 Å². The summed E-state index contributed by atoms with van der Waals surface area (Å²) in [5.74, 6) is -0.443. The minimum Gasteiger partial charge on any atom is -0.457 e. The number of hydrogen-bond acceptors (Lipinski definition) is 6. The van der Waals surface area contributed by atoms with E-state index in [-0.39, 0.29) is 26.2 Å². The molecule has 2 atom stereocenters. The largest absolute Gasteiger partial charge is 0.472 e. The van der Waals surface area contributed by atoms with Gasteiger partial charge in [-0.25, -0.2) is 4.57 Å². The summed E-state index contributed by atoms with van der Waals surface area (Å²) in [5, 5.41) is 0. The van der Waals surface area contributed by atoms with Crippen LogP contribution in [0.5, 0.6) is 0 Å². The maximum absolute atomic E-state index is 12.5. The molecule has 9 heteroatoms. The second-order valence-corrected chi connectivity index (χ2v) is 14.3. The van der Waals surface area contributed by atoms with Crippen molar-refractivity contribution in [2.24, 2.45) is 0 Å². The Hall–Kier alpha value is -1.80. The van der Waals surface area contributed by atoms with Crippen molar-refractivity contribution in [1.82, 2.24) is 0 Å². The number of ether oxygens (including phenoxy) is 2. The minimum atomic E-state index is -4.29. The van der Waals surface area contributed by atoms with Gasteiger partial charge in [-0.1, -0.05) is 132 Å². The second-order valence-electron chi connectivity index (χ2n) is 12.9. The molecule has 0 spiro atoms. The van der Waals surface area contributed by atoms with Crippen molar-refractivity contribution >= 4 is 13.8 Å². The van der Waals surface area contributed by atoms with Crippen LogP contribution in [-0.2, 0) is 27.9 Å². The third-order valence-electron chi connectivity index (χ3n) is 7.13. The van der Waals surface area contributed by atoms with Gasteiger partial charge in [-0.2, -0.15) is 0 Å². The topological polar surface area (TPSA) is 91.3 Å². The van der Waals surface area contributed by atoms with E-state index in [0.717, 1.165) is 44.9 Å². The molecular weight excluding hydrogens is 613 g/mol. The fourth-order valence-electron chi connectivity index (χ4n) is 4.33. The molecule has 0 saturated heterocycles. The SMILES string of the molecule is CC/C=C\C/C=C\C/C=C\C/C=C\C/C=C\CC(=O)OC(COCCCCCCCCCCCC)COP(=O)(O)OCC[N+](C)(C)C. The lowest BCUT2D eigenvalue weighted by Gasteiger charge is -2.24. The number of unbranched alkanes of at least 4 members (excludes halogenated alkanes) is 9. The van der Waals surface area contributed by atoms with Gasteiger partial charge >= 0.3 is 13.8 Å². The first kappa shape index (κ1) is 45.2. The quantitative estimate of drug-likeness (QED) is 0.0248. The van der Waals surface area contributed by atoms with Gasteiger partial charge in [0, 0.05) is 6.61 Å². The number of hydrogen-bond donors (Lipinski definition) is 1. The number of carbonyl (C=O) groups is 1. The second kappa shape index (κ2) is 31.5. The first-order valence-electron chi connectivity index (χ1n) is 18.0. The number of phosphoric ester groups is 1. The Balaban J connectivity index is 4.51. The fraction of sp³-hybridized carbons (Fsp3) is 0.711. The van der Waals surface area contributed by atoms with Crippen LogP contribution in [0.4, 0.5) is 0 Å². The van der Waals surface area contributed by atoms with E-state index in [0.29, 0.717) is 17.6 Å². The number of rotatable bonds is 32. The number of carbonyl (C=O) groups excluding carboxylic acids is 1. The Labute approximate surface area is 288 Å². The molecule has 0 aliphatic rings. The van der Waals surface area contributed by atoms with Crippen molar-refractivity contribution in [3.8, 4) is 0 Å². The summed E-state index contributed by atoms with van der Waals surface area (Å²) >= 11 is 0. The van der Waals surface area contributed by atoms with Gasteiger partial charge in [0.25, 0.3) is 0 Å². The van der Waals surface area contributed by atoms with Gasteiger partial charge in [0.2, 0.25) is 0 Å². The minimum absolute atomic E-state index is 0.0705. The molecule has 47 heavy (non-hydrogen) atoms. The normalized spacial score (nSPS) is 14.8. The third-order valence-corrected chi connectivity index (χ3v) is 8.11.